The zero-order chi connectivity index (χ0) is 13.7. The fourth-order valence-electron chi connectivity index (χ4n) is 2.03. The summed E-state index contributed by atoms with van der Waals surface area (Å²) in [6, 6.07) is 0.288. The summed E-state index contributed by atoms with van der Waals surface area (Å²) in [6.45, 7) is 4.26. The van der Waals surface area contributed by atoms with Crippen LogP contribution in [0.5, 0.6) is 6.01 Å². The Balaban J connectivity index is 2.11. The van der Waals surface area contributed by atoms with Gasteiger partial charge in [0.15, 0.2) is 0 Å². The predicted octanol–water partition coefficient (Wildman–Crippen LogP) is 1.93. The Morgan fingerprint density at radius 3 is 2.95 bits per heavy atom. The molecule has 1 atom stereocenters. The van der Waals surface area contributed by atoms with Crippen LogP contribution >= 0.6 is 11.6 Å². The minimum Gasteiger partial charge on any atom is -0.463 e. The van der Waals surface area contributed by atoms with Crippen LogP contribution in [0.15, 0.2) is 0 Å². The molecule has 0 amide bonds. The molecule has 106 valence electrons. The van der Waals surface area contributed by atoms with Gasteiger partial charge in [0.2, 0.25) is 11.2 Å². The Kier molecular flexibility index (Phi) is 5.15. The number of methoxy groups -OCH3 is 1. The summed E-state index contributed by atoms with van der Waals surface area (Å²) in [5.41, 5.74) is 0. The quantitative estimate of drug-likeness (QED) is 0.824. The van der Waals surface area contributed by atoms with Crippen LogP contribution in [0, 0.1) is 0 Å². The number of rotatable bonds is 5. The monoisotopic (exact) mass is 286 g/mol. The van der Waals surface area contributed by atoms with Crippen molar-refractivity contribution in [1.82, 2.24) is 15.0 Å². The molecule has 1 aliphatic rings. The van der Waals surface area contributed by atoms with Gasteiger partial charge in [0.05, 0.1) is 12.7 Å². The molecule has 0 radical (unpaired) electrons. The second kappa shape index (κ2) is 6.86. The molecule has 0 aromatic carbocycles. The van der Waals surface area contributed by atoms with Gasteiger partial charge in [-0.25, -0.2) is 0 Å². The van der Waals surface area contributed by atoms with E-state index >= 15 is 0 Å². The van der Waals surface area contributed by atoms with E-state index in [1.807, 2.05) is 6.92 Å². The Hall–Kier alpha value is -1.14. The zero-order valence-corrected chi connectivity index (χ0v) is 12.1. The van der Waals surface area contributed by atoms with Crippen LogP contribution in [0.4, 0.5) is 5.95 Å². The maximum Gasteiger partial charge on any atom is 0.322 e. The van der Waals surface area contributed by atoms with Crippen LogP contribution in [0.25, 0.3) is 0 Å². The highest BCUT2D eigenvalue weighted by atomic mass is 35.5. The van der Waals surface area contributed by atoms with E-state index in [9.17, 15) is 0 Å². The first-order valence-corrected chi connectivity index (χ1v) is 6.93. The maximum atomic E-state index is 5.92. The van der Waals surface area contributed by atoms with Gasteiger partial charge in [-0.15, -0.1) is 0 Å². The van der Waals surface area contributed by atoms with Crippen molar-refractivity contribution in [3.05, 3.63) is 5.28 Å². The molecule has 0 aliphatic carbocycles. The summed E-state index contributed by atoms with van der Waals surface area (Å²) < 4.78 is 10.8. The van der Waals surface area contributed by atoms with Crippen LogP contribution in [0.1, 0.15) is 26.2 Å². The number of halogens is 1. The summed E-state index contributed by atoms with van der Waals surface area (Å²) >= 11 is 5.92. The summed E-state index contributed by atoms with van der Waals surface area (Å²) in [6.07, 6.45) is 3.22. The van der Waals surface area contributed by atoms with E-state index in [1.165, 1.54) is 0 Å². The molecule has 2 heterocycles. The summed E-state index contributed by atoms with van der Waals surface area (Å²) in [7, 11) is 1.73. The number of hydrogen-bond acceptors (Lipinski definition) is 6. The largest absolute Gasteiger partial charge is 0.463 e. The Bertz CT molecular complexity index is 419. The number of aromatic nitrogens is 3. The van der Waals surface area contributed by atoms with Gasteiger partial charge in [-0.2, -0.15) is 15.0 Å². The molecule has 0 bridgehead atoms. The second-order valence-corrected chi connectivity index (χ2v) is 4.82. The van der Waals surface area contributed by atoms with Crippen LogP contribution in [-0.2, 0) is 4.74 Å². The fraction of sp³-hybridized carbons (Fsp3) is 0.750. The van der Waals surface area contributed by atoms with Crippen molar-refractivity contribution < 1.29 is 9.47 Å². The van der Waals surface area contributed by atoms with Crippen molar-refractivity contribution in [1.29, 1.82) is 0 Å². The normalized spacial score (nSPS) is 19.5. The van der Waals surface area contributed by atoms with Gasteiger partial charge in [0.25, 0.3) is 0 Å². The van der Waals surface area contributed by atoms with Crippen molar-refractivity contribution in [2.24, 2.45) is 0 Å². The average Bonchev–Trinajstić information content (AvgIpc) is 2.44. The third-order valence-corrected chi connectivity index (χ3v) is 3.17. The first-order chi connectivity index (χ1) is 9.22. The van der Waals surface area contributed by atoms with Gasteiger partial charge >= 0.3 is 6.01 Å². The van der Waals surface area contributed by atoms with E-state index in [-0.39, 0.29) is 17.4 Å². The van der Waals surface area contributed by atoms with E-state index < -0.39 is 0 Å². The Morgan fingerprint density at radius 1 is 1.37 bits per heavy atom. The Morgan fingerprint density at radius 2 is 2.21 bits per heavy atom. The number of piperidine rings is 1. The summed E-state index contributed by atoms with van der Waals surface area (Å²) in [5.74, 6) is 0.563. The van der Waals surface area contributed by atoms with E-state index in [1.54, 1.807) is 7.11 Å². The average molecular weight is 287 g/mol. The SMILES string of the molecule is CCCOc1nc(Cl)nc(N2CCCC(OC)C2)n1. The molecule has 1 fully saturated rings. The highest BCUT2D eigenvalue weighted by Gasteiger charge is 2.22. The highest BCUT2D eigenvalue weighted by Crippen LogP contribution is 2.20. The molecule has 0 spiro atoms. The van der Waals surface area contributed by atoms with Crippen LogP contribution < -0.4 is 9.64 Å². The molecule has 7 heteroatoms. The van der Waals surface area contributed by atoms with Gasteiger partial charge in [-0.1, -0.05) is 6.92 Å². The predicted molar refractivity (Wildman–Crippen MR) is 72.9 cm³/mol. The van der Waals surface area contributed by atoms with Crippen molar-refractivity contribution >= 4 is 17.5 Å². The molecule has 1 aromatic heterocycles. The molecule has 1 aliphatic heterocycles. The molecular weight excluding hydrogens is 268 g/mol. The maximum absolute atomic E-state index is 5.92. The molecule has 0 saturated carbocycles. The number of hydrogen-bond donors (Lipinski definition) is 0. The van der Waals surface area contributed by atoms with E-state index in [4.69, 9.17) is 21.1 Å². The van der Waals surface area contributed by atoms with Gasteiger partial charge in [0.1, 0.15) is 0 Å². The van der Waals surface area contributed by atoms with Gasteiger partial charge in [-0.05, 0) is 30.9 Å². The number of nitrogens with zero attached hydrogens (tertiary/aromatic N) is 4. The van der Waals surface area contributed by atoms with Crippen molar-refractivity contribution in [2.45, 2.75) is 32.3 Å². The van der Waals surface area contributed by atoms with Crippen LogP contribution in [0.2, 0.25) is 5.28 Å². The smallest absolute Gasteiger partial charge is 0.322 e. The van der Waals surface area contributed by atoms with Gasteiger partial charge in [-0.3, -0.25) is 0 Å². The van der Waals surface area contributed by atoms with E-state index in [0.29, 0.717) is 12.6 Å². The molecule has 1 saturated heterocycles. The number of anilines is 1. The highest BCUT2D eigenvalue weighted by molar-refractivity contribution is 6.28. The lowest BCUT2D eigenvalue weighted by Gasteiger charge is -2.31. The fourth-order valence-corrected chi connectivity index (χ4v) is 2.18. The molecule has 19 heavy (non-hydrogen) atoms. The van der Waals surface area contributed by atoms with Crippen molar-refractivity contribution in [3.8, 4) is 6.01 Å². The molecule has 1 unspecified atom stereocenters. The van der Waals surface area contributed by atoms with E-state index in [2.05, 4.69) is 19.9 Å². The molecule has 0 N–H and O–H groups in total. The summed E-state index contributed by atoms with van der Waals surface area (Å²) in [5, 5.41) is 0.163. The van der Waals surface area contributed by atoms with Crippen molar-refractivity contribution in [2.75, 3.05) is 31.7 Å². The lowest BCUT2D eigenvalue weighted by molar-refractivity contribution is 0.0888. The minimum absolute atomic E-state index is 0.163. The van der Waals surface area contributed by atoms with Gasteiger partial charge in [0, 0.05) is 20.2 Å². The second-order valence-electron chi connectivity index (χ2n) is 4.48. The van der Waals surface area contributed by atoms with Crippen LogP contribution in [-0.4, -0.2) is 47.9 Å². The molecular formula is C12H19ClN4O2. The lowest BCUT2D eigenvalue weighted by Crippen LogP contribution is -2.40. The third kappa shape index (κ3) is 3.91. The van der Waals surface area contributed by atoms with Gasteiger partial charge < -0.3 is 14.4 Å². The first kappa shape index (κ1) is 14.3. The topological polar surface area (TPSA) is 60.4 Å². The molecule has 2 rings (SSSR count). The van der Waals surface area contributed by atoms with E-state index in [0.717, 1.165) is 32.4 Å². The third-order valence-electron chi connectivity index (χ3n) is 3.01. The van der Waals surface area contributed by atoms with Crippen molar-refractivity contribution in [3.63, 3.8) is 0 Å². The minimum atomic E-state index is 0.163. The Labute approximate surface area is 118 Å². The molecule has 1 aromatic rings. The summed E-state index contributed by atoms with van der Waals surface area (Å²) in [4.78, 5) is 14.5. The lowest BCUT2D eigenvalue weighted by atomic mass is 10.1. The first-order valence-electron chi connectivity index (χ1n) is 6.55. The number of ether oxygens (including phenoxy) is 2. The standard InChI is InChI=1S/C12H19ClN4O2/c1-3-7-19-12-15-10(13)14-11(16-12)17-6-4-5-9(8-17)18-2/h9H,3-8H2,1-2H3. The van der Waals surface area contributed by atoms with Crippen LogP contribution in [0.3, 0.4) is 0 Å². The molecule has 6 nitrogen and oxygen atoms in total. The zero-order valence-electron chi connectivity index (χ0n) is 11.3.